The third-order valence-corrected chi connectivity index (χ3v) is 2.79. The van der Waals surface area contributed by atoms with Crippen molar-refractivity contribution in [2.75, 3.05) is 5.32 Å². The minimum atomic E-state index is -0.346. The Kier molecular flexibility index (Phi) is 4.03. The third-order valence-electron chi connectivity index (χ3n) is 1.67. The van der Waals surface area contributed by atoms with Crippen LogP contribution in [0.25, 0.3) is 0 Å². The summed E-state index contributed by atoms with van der Waals surface area (Å²) in [7, 11) is 0. The van der Waals surface area contributed by atoms with Crippen LogP contribution in [-0.4, -0.2) is 5.91 Å². The van der Waals surface area contributed by atoms with E-state index in [4.69, 9.17) is 34.8 Å². The first-order valence-corrected chi connectivity index (χ1v) is 5.17. The number of amides is 1. The average Bonchev–Trinajstić information content (AvgIpc) is 2.18. The molecule has 0 aromatic heterocycles. The highest BCUT2D eigenvalue weighted by Crippen LogP contribution is 2.35. The highest BCUT2D eigenvalue weighted by Gasteiger charge is 2.12. The summed E-state index contributed by atoms with van der Waals surface area (Å²) >= 11 is 17.5. The maximum Gasteiger partial charge on any atom is 0.250 e. The summed E-state index contributed by atoms with van der Waals surface area (Å²) in [5.41, 5.74) is 0.668. The monoisotopic (exact) mass is 263 g/mol. The maximum atomic E-state index is 11.4. The van der Waals surface area contributed by atoms with E-state index in [-0.39, 0.29) is 10.9 Å². The first-order valence-electron chi connectivity index (χ1n) is 4.04. The van der Waals surface area contributed by atoms with Gasteiger partial charge in [-0.15, -0.1) is 0 Å². The van der Waals surface area contributed by atoms with E-state index < -0.39 is 0 Å². The molecule has 0 bridgehead atoms. The Morgan fingerprint density at radius 3 is 2.33 bits per heavy atom. The van der Waals surface area contributed by atoms with Gasteiger partial charge in [-0.3, -0.25) is 4.79 Å². The highest BCUT2D eigenvalue weighted by molar-refractivity contribution is 6.46. The second-order valence-electron chi connectivity index (χ2n) is 2.95. The van der Waals surface area contributed by atoms with Crippen LogP contribution in [0.2, 0.25) is 15.1 Å². The van der Waals surface area contributed by atoms with Crippen LogP contribution in [0.15, 0.2) is 24.3 Å². The first kappa shape index (κ1) is 12.4. The molecular formula is C10H8Cl3NO. The molecule has 1 amide bonds. The van der Waals surface area contributed by atoms with Crippen molar-refractivity contribution < 1.29 is 4.79 Å². The lowest BCUT2D eigenvalue weighted by Gasteiger charge is -2.09. The van der Waals surface area contributed by atoms with E-state index in [1.165, 1.54) is 0 Å². The van der Waals surface area contributed by atoms with Gasteiger partial charge in [-0.1, -0.05) is 41.4 Å². The van der Waals surface area contributed by atoms with Crippen molar-refractivity contribution in [3.8, 4) is 0 Å². The number of carbonyl (C=O) groups is 1. The third kappa shape index (κ3) is 2.88. The van der Waals surface area contributed by atoms with Crippen LogP contribution in [0.1, 0.15) is 6.92 Å². The molecule has 1 aromatic rings. The topological polar surface area (TPSA) is 29.1 Å². The van der Waals surface area contributed by atoms with Crippen LogP contribution >= 0.6 is 34.8 Å². The molecule has 0 unspecified atom stereocenters. The number of benzene rings is 1. The summed E-state index contributed by atoms with van der Waals surface area (Å²) in [5, 5.41) is 3.42. The summed E-state index contributed by atoms with van der Waals surface area (Å²) in [4.78, 5) is 11.4. The van der Waals surface area contributed by atoms with E-state index in [2.05, 4.69) is 11.9 Å². The van der Waals surface area contributed by atoms with E-state index >= 15 is 0 Å². The fraction of sp³-hybridized carbons (Fsp3) is 0.100. The quantitative estimate of drug-likeness (QED) is 0.630. The van der Waals surface area contributed by atoms with Crippen LogP contribution in [0.5, 0.6) is 0 Å². The van der Waals surface area contributed by atoms with Crippen LogP contribution in [-0.2, 0) is 4.79 Å². The Labute approximate surface area is 103 Å². The zero-order valence-electron chi connectivity index (χ0n) is 7.90. The summed E-state index contributed by atoms with van der Waals surface area (Å²) in [6.45, 7) is 5.09. The molecule has 1 rings (SSSR count). The van der Waals surface area contributed by atoms with Gasteiger partial charge in [0, 0.05) is 5.57 Å². The predicted octanol–water partition coefficient (Wildman–Crippen LogP) is 4.16. The van der Waals surface area contributed by atoms with Gasteiger partial charge in [0.2, 0.25) is 0 Å². The van der Waals surface area contributed by atoms with E-state index in [0.717, 1.165) is 0 Å². The van der Waals surface area contributed by atoms with Gasteiger partial charge in [0.15, 0.2) is 0 Å². The van der Waals surface area contributed by atoms with Gasteiger partial charge in [0.05, 0.1) is 20.8 Å². The van der Waals surface area contributed by atoms with Gasteiger partial charge < -0.3 is 5.32 Å². The smallest absolute Gasteiger partial charge is 0.250 e. The van der Waals surface area contributed by atoms with E-state index in [0.29, 0.717) is 21.3 Å². The van der Waals surface area contributed by atoms with Crippen molar-refractivity contribution in [2.24, 2.45) is 0 Å². The van der Waals surface area contributed by atoms with Crippen molar-refractivity contribution in [3.05, 3.63) is 39.4 Å². The molecule has 0 saturated heterocycles. The van der Waals surface area contributed by atoms with Crippen molar-refractivity contribution in [1.82, 2.24) is 0 Å². The SMILES string of the molecule is C=C(C)C(=O)Nc1c(Cl)ccc(Cl)c1Cl. The Bertz CT molecular complexity index is 429. The van der Waals surface area contributed by atoms with Crippen LogP contribution in [0.4, 0.5) is 5.69 Å². The first-order chi connectivity index (χ1) is 6.93. The molecule has 0 fully saturated rings. The van der Waals surface area contributed by atoms with Crippen LogP contribution < -0.4 is 5.32 Å². The maximum absolute atomic E-state index is 11.4. The largest absolute Gasteiger partial charge is 0.320 e. The average molecular weight is 265 g/mol. The molecule has 0 atom stereocenters. The van der Waals surface area contributed by atoms with Crippen molar-refractivity contribution >= 4 is 46.4 Å². The Balaban J connectivity index is 3.09. The minimum Gasteiger partial charge on any atom is -0.320 e. The standard InChI is InChI=1S/C10H8Cl3NO/c1-5(2)10(15)14-9-7(12)4-3-6(11)8(9)13/h3-4H,1H2,2H3,(H,14,15). The van der Waals surface area contributed by atoms with Crippen molar-refractivity contribution in [2.45, 2.75) is 6.92 Å². The minimum absolute atomic E-state index is 0.221. The number of halogens is 3. The highest BCUT2D eigenvalue weighted by atomic mass is 35.5. The van der Waals surface area contributed by atoms with E-state index in [9.17, 15) is 4.79 Å². The van der Waals surface area contributed by atoms with E-state index in [1.807, 2.05) is 0 Å². The van der Waals surface area contributed by atoms with Crippen LogP contribution in [0, 0.1) is 0 Å². The Morgan fingerprint density at radius 1 is 1.27 bits per heavy atom. The van der Waals surface area contributed by atoms with Crippen molar-refractivity contribution in [1.29, 1.82) is 0 Å². The number of hydrogen-bond acceptors (Lipinski definition) is 1. The molecule has 15 heavy (non-hydrogen) atoms. The zero-order valence-corrected chi connectivity index (χ0v) is 10.2. The molecule has 0 aliphatic carbocycles. The number of anilines is 1. The molecule has 2 nitrogen and oxygen atoms in total. The van der Waals surface area contributed by atoms with Gasteiger partial charge in [-0.05, 0) is 19.1 Å². The molecule has 0 aliphatic heterocycles. The van der Waals surface area contributed by atoms with Crippen molar-refractivity contribution in [3.63, 3.8) is 0 Å². The molecule has 0 radical (unpaired) electrons. The lowest BCUT2D eigenvalue weighted by molar-refractivity contribution is -0.112. The lowest BCUT2D eigenvalue weighted by atomic mass is 10.2. The number of hydrogen-bond donors (Lipinski definition) is 1. The predicted molar refractivity (Wildman–Crippen MR) is 64.9 cm³/mol. The van der Waals surface area contributed by atoms with Gasteiger partial charge in [0.1, 0.15) is 0 Å². The molecule has 0 aliphatic rings. The Hall–Kier alpha value is -0.700. The molecule has 0 saturated carbocycles. The fourth-order valence-electron chi connectivity index (χ4n) is 0.862. The second kappa shape index (κ2) is 4.88. The summed E-state index contributed by atoms with van der Waals surface area (Å²) in [6.07, 6.45) is 0. The van der Waals surface area contributed by atoms with Gasteiger partial charge in [0.25, 0.3) is 5.91 Å². The number of rotatable bonds is 2. The second-order valence-corrected chi connectivity index (χ2v) is 4.15. The zero-order chi connectivity index (χ0) is 11.6. The molecule has 1 aromatic carbocycles. The molecule has 80 valence electrons. The molecule has 5 heteroatoms. The fourth-order valence-corrected chi connectivity index (χ4v) is 1.48. The van der Waals surface area contributed by atoms with E-state index in [1.54, 1.807) is 19.1 Å². The number of nitrogens with one attached hydrogen (secondary N) is 1. The normalized spacial score (nSPS) is 9.87. The molecule has 0 heterocycles. The molecule has 0 spiro atoms. The van der Waals surface area contributed by atoms with Gasteiger partial charge in [-0.2, -0.15) is 0 Å². The number of carbonyl (C=O) groups excluding carboxylic acids is 1. The summed E-state index contributed by atoms with van der Waals surface area (Å²) in [6, 6.07) is 3.12. The summed E-state index contributed by atoms with van der Waals surface area (Å²) < 4.78 is 0. The van der Waals surface area contributed by atoms with Gasteiger partial charge in [-0.25, -0.2) is 0 Å². The van der Waals surface area contributed by atoms with Crippen LogP contribution in [0.3, 0.4) is 0 Å². The summed E-state index contributed by atoms with van der Waals surface area (Å²) in [5.74, 6) is -0.346. The van der Waals surface area contributed by atoms with Gasteiger partial charge >= 0.3 is 0 Å². The Morgan fingerprint density at radius 2 is 1.80 bits per heavy atom. The molecule has 1 N–H and O–H groups in total. The lowest BCUT2D eigenvalue weighted by Crippen LogP contribution is -2.12. The molecular weight excluding hydrogens is 256 g/mol.